The van der Waals surface area contributed by atoms with Crippen molar-refractivity contribution in [2.75, 3.05) is 0 Å². The first-order valence-electron chi connectivity index (χ1n) is 7.65. The van der Waals surface area contributed by atoms with Gasteiger partial charge in [-0.2, -0.15) is 4.98 Å². The van der Waals surface area contributed by atoms with E-state index >= 15 is 0 Å². The molecule has 0 bridgehead atoms. The van der Waals surface area contributed by atoms with Crippen molar-refractivity contribution in [3.63, 3.8) is 0 Å². The third-order valence-corrected chi connectivity index (χ3v) is 4.00. The molecule has 0 saturated carbocycles. The molecular formula is C16H21N5O2. The lowest BCUT2D eigenvalue weighted by molar-refractivity contribution is 0.484. The molecule has 3 rings (SSSR count). The van der Waals surface area contributed by atoms with Gasteiger partial charge in [-0.1, -0.05) is 19.9 Å². The Bertz CT molecular complexity index is 1030. The van der Waals surface area contributed by atoms with Gasteiger partial charge in [-0.3, -0.25) is 18.3 Å². The van der Waals surface area contributed by atoms with Crippen molar-refractivity contribution in [3.05, 3.63) is 45.4 Å². The molecule has 7 heteroatoms. The van der Waals surface area contributed by atoms with Crippen molar-refractivity contribution in [2.45, 2.75) is 33.9 Å². The molecule has 23 heavy (non-hydrogen) atoms. The fourth-order valence-electron chi connectivity index (χ4n) is 2.94. The number of allylic oxidation sites excluding steroid dienone is 1. The number of fused-ring (bicyclic) bond motifs is 3. The van der Waals surface area contributed by atoms with Crippen molar-refractivity contribution in [3.8, 4) is 0 Å². The van der Waals surface area contributed by atoms with Gasteiger partial charge in [0.05, 0.1) is 0 Å². The highest BCUT2D eigenvalue weighted by atomic mass is 16.2. The number of hydrogen-bond acceptors (Lipinski definition) is 3. The minimum absolute atomic E-state index is 0.202. The van der Waals surface area contributed by atoms with Gasteiger partial charge < -0.3 is 4.57 Å². The van der Waals surface area contributed by atoms with Crippen LogP contribution in [0.15, 0.2) is 28.4 Å². The molecule has 0 unspecified atom stereocenters. The van der Waals surface area contributed by atoms with Crippen LogP contribution in [0.25, 0.3) is 16.9 Å². The number of nitrogens with zero attached hydrogens (tertiary/aromatic N) is 5. The van der Waals surface area contributed by atoms with E-state index in [1.165, 1.54) is 9.13 Å². The van der Waals surface area contributed by atoms with E-state index in [9.17, 15) is 9.59 Å². The van der Waals surface area contributed by atoms with E-state index in [1.54, 1.807) is 17.5 Å². The van der Waals surface area contributed by atoms with E-state index < -0.39 is 0 Å². The van der Waals surface area contributed by atoms with Crippen molar-refractivity contribution in [1.82, 2.24) is 23.1 Å². The van der Waals surface area contributed by atoms with Crippen LogP contribution in [0.5, 0.6) is 0 Å². The van der Waals surface area contributed by atoms with Crippen LogP contribution < -0.4 is 11.2 Å². The smallest absolute Gasteiger partial charge is 0.310 e. The number of aromatic nitrogens is 5. The van der Waals surface area contributed by atoms with Crippen molar-refractivity contribution >= 4 is 16.9 Å². The Labute approximate surface area is 133 Å². The quantitative estimate of drug-likeness (QED) is 0.682. The van der Waals surface area contributed by atoms with Gasteiger partial charge in [0, 0.05) is 32.0 Å². The highest BCUT2D eigenvalue weighted by molar-refractivity contribution is 5.75. The van der Waals surface area contributed by atoms with Gasteiger partial charge in [0.15, 0.2) is 11.2 Å². The molecule has 3 heterocycles. The Balaban J connectivity index is 2.47. The summed E-state index contributed by atoms with van der Waals surface area (Å²) in [6, 6.07) is 0. The molecular weight excluding hydrogens is 294 g/mol. The molecule has 0 aliphatic carbocycles. The number of imidazole rings is 2. The fraction of sp³-hybridized carbons (Fsp3) is 0.438. The summed E-state index contributed by atoms with van der Waals surface area (Å²) >= 11 is 0. The van der Waals surface area contributed by atoms with Gasteiger partial charge in [-0.25, -0.2) is 4.79 Å². The zero-order valence-corrected chi connectivity index (χ0v) is 13.9. The molecule has 0 amide bonds. The highest BCUT2D eigenvalue weighted by Gasteiger charge is 2.20. The largest absolute Gasteiger partial charge is 0.332 e. The van der Waals surface area contributed by atoms with E-state index in [0.717, 1.165) is 5.69 Å². The second-order valence-electron chi connectivity index (χ2n) is 6.27. The maximum atomic E-state index is 12.8. The Morgan fingerprint density at radius 1 is 1.30 bits per heavy atom. The third kappa shape index (κ3) is 2.15. The summed E-state index contributed by atoms with van der Waals surface area (Å²) < 4.78 is 6.47. The Morgan fingerprint density at radius 3 is 2.61 bits per heavy atom. The standard InChI is InChI=1S/C16H21N5O2/c1-6-7-19-11(4)9-20-12-13(17-15(19)20)18(5)16(23)21(14(12)22)8-10(2)3/h6,9-10H,1,7-8H2,2-5H3. The molecule has 3 aromatic heterocycles. The summed E-state index contributed by atoms with van der Waals surface area (Å²) in [6.45, 7) is 10.7. The van der Waals surface area contributed by atoms with Crippen LogP contribution in [0.2, 0.25) is 0 Å². The van der Waals surface area contributed by atoms with E-state index in [2.05, 4.69) is 11.6 Å². The van der Waals surface area contributed by atoms with Gasteiger partial charge in [0.1, 0.15) is 0 Å². The van der Waals surface area contributed by atoms with Gasteiger partial charge in [0.25, 0.3) is 5.56 Å². The first kappa shape index (κ1) is 15.3. The van der Waals surface area contributed by atoms with Gasteiger partial charge in [0.2, 0.25) is 5.78 Å². The predicted octanol–water partition coefficient (Wildman–Crippen LogP) is 1.30. The second-order valence-corrected chi connectivity index (χ2v) is 6.27. The average molecular weight is 315 g/mol. The van der Waals surface area contributed by atoms with Gasteiger partial charge in [-0.15, -0.1) is 6.58 Å². The monoisotopic (exact) mass is 315 g/mol. The summed E-state index contributed by atoms with van der Waals surface area (Å²) in [7, 11) is 1.65. The predicted molar refractivity (Wildman–Crippen MR) is 90.0 cm³/mol. The molecule has 0 aliphatic heterocycles. The first-order valence-corrected chi connectivity index (χ1v) is 7.65. The summed E-state index contributed by atoms with van der Waals surface area (Å²) in [5.41, 5.74) is 1.21. The molecule has 122 valence electrons. The minimum atomic E-state index is -0.330. The molecule has 0 spiro atoms. The van der Waals surface area contributed by atoms with Crippen molar-refractivity contribution in [2.24, 2.45) is 13.0 Å². The average Bonchev–Trinajstić information content (AvgIpc) is 2.98. The van der Waals surface area contributed by atoms with Crippen LogP contribution in [0.4, 0.5) is 0 Å². The van der Waals surface area contributed by atoms with Crippen molar-refractivity contribution in [1.29, 1.82) is 0 Å². The summed E-state index contributed by atoms with van der Waals surface area (Å²) in [5.74, 6) is 0.847. The van der Waals surface area contributed by atoms with Crippen LogP contribution in [-0.2, 0) is 20.1 Å². The number of aryl methyl sites for hydroxylation is 2. The molecule has 0 N–H and O–H groups in total. The molecule has 0 aromatic carbocycles. The summed E-state index contributed by atoms with van der Waals surface area (Å²) in [4.78, 5) is 29.8. The zero-order chi connectivity index (χ0) is 16.9. The third-order valence-electron chi connectivity index (χ3n) is 4.00. The van der Waals surface area contributed by atoms with Gasteiger partial charge in [-0.05, 0) is 12.8 Å². The Hall–Kier alpha value is -2.57. The molecule has 0 fully saturated rings. The second kappa shape index (κ2) is 5.26. The molecule has 3 aromatic rings. The molecule has 0 atom stereocenters. The number of rotatable bonds is 4. The molecule has 7 nitrogen and oxygen atoms in total. The van der Waals surface area contributed by atoms with Crippen LogP contribution in [0, 0.1) is 12.8 Å². The Kier molecular flexibility index (Phi) is 3.50. The van der Waals surface area contributed by atoms with Crippen molar-refractivity contribution < 1.29 is 0 Å². The minimum Gasteiger partial charge on any atom is -0.310 e. The molecule has 0 saturated heterocycles. The van der Waals surface area contributed by atoms with Crippen LogP contribution in [0.1, 0.15) is 19.5 Å². The summed E-state index contributed by atoms with van der Waals surface area (Å²) in [5, 5.41) is 0. The molecule has 0 aliphatic rings. The fourth-order valence-corrected chi connectivity index (χ4v) is 2.94. The number of hydrogen-bond donors (Lipinski definition) is 0. The highest BCUT2D eigenvalue weighted by Crippen LogP contribution is 2.16. The SMILES string of the molecule is C=CCn1c(C)cn2c3c(=O)n(CC(C)C)c(=O)n(C)c3nc12. The lowest BCUT2D eigenvalue weighted by atomic mass is 10.2. The zero-order valence-electron chi connectivity index (χ0n) is 13.9. The van der Waals surface area contributed by atoms with E-state index in [0.29, 0.717) is 30.0 Å². The first-order chi connectivity index (χ1) is 10.9. The molecule has 0 radical (unpaired) electrons. The van der Waals surface area contributed by atoms with Gasteiger partial charge >= 0.3 is 5.69 Å². The summed E-state index contributed by atoms with van der Waals surface area (Å²) in [6.07, 6.45) is 3.65. The lowest BCUT2D eigenvalue weighted by Gasteiger charge is -2.09. The van der Waals surface area contributed by atoms with Crippen LogP contribution in [0.3, 0.4) is 0 Å². The maximum Gasteiger partial charge on any atom is 0.332 e. The lowest BCUT2D eigenvalue weighted by Crippen LogP contribution is -2.40. The van der Waals surface area contributed by atoms with E-state index in [4.69, 9.17) is 0 Å². The van der Waals surface area contributed by atoms with E-state index in [-0.39, 0.29) is 17.2 Å². The van der Waals surface area contributed by atoms with E-state index in [1.807, 2.05) is 31.5 Å². The van der Waals surface area contributed by atoms with Crippen LogP contribution in [-0.4, -0.2) is 23.1 Å². The normalized spacial score (nSPS) is 11.9. The topological polar surface area (TPSA) is 66.2 Å². The maximum absolute atomic E-state index is 12.8. The van der Waals surface area contributed by atoms with Crippen LogP contribution >= 0.6 is 0 Å². The Morgan fingerprint density at radius 2 is 2.00 bits per heavy atom.